The lowest BCUT2D eigenvalue weighted by atomic mass is 9.70. The SMILES string of the molecule is CCc1ccc(C2(C(F)(F)F)C=CC2)cc1. The molecule has 1 unspecified atom stereocenters. The molecule has 3 heteroatoms. The Morgan fingerprint density at radius 2 is 1.75 bits per heavy atom. The van der Waals surface area contributed by atoms with E-state index in [1.165, 1.54) is 6.08 Å². The van der Waals surface area contributed by atoms with Gasteiger partial charge in [-0.15, -0.1) is 0 Å². The minimum absolute atomic E-state index is 0.0575. The van der Waals surface area contributed by atoms with Crippen molar-refractivity contribution < 1.29 is 13.2 Å². The molecular formula is C13H13F3. The van der Waals surface area contributed by atoms with Gasteiger partial charge in [0.25, 0.3) is 0 Å². The Bertz CT molecular complexity index is 400. The molecule has 0 fully saturated rings. The lowest BCUT2D eigenvalue weighted by Gasteiger charge is -2.38. The molecule has 0 saturated carbocycles. The van der Waals surface area contributed by atoms with Gasteiger partial charge in [0.2, 0.25) is 0 Å². The molecule has 1 atom stereocenters. The molecule has 0 saturated heterocycles. The summed E-state index contributed by atoms with van der Waals surface area (Å²) in [7, 11) is 0. The summed E-state index contributed by atoms with van der Waals surface area (Å²) >= 11 is 0. The summed E-state index contributed by atoms with van der Waals surface area (Å²) in [5.41, 5.74) is -0.330. The normalized spacial score (nSPS) is 24.2. The van der Waals surface area contributed by atoms with E-state index >= 15 is 0 Å². The van der Waals surface area contributed by atoms with Crippen LogP contribution in [0.4, 0.5) is 13.2 Å². The van der Waals surface area contributed by atoms with Crippen LogP contribution in [0.25, 0.3) is 0 Å². The van der Waals surface area contributed by atoms with E-state index in [2.05, 4.69) is 0 Å². The first-order valence-electron chi connectivity index (χ1n) is 5.33. The molecule has 0 aliphatic heterocycles. The predicted molar refractivity (Wildman–Crippen MR) is 57.3 cm³/mol. The molecular weight excluding hydrogens is 213 g/mol. The van der Waals surface area contributed by atoms with Crippen molar-refractivity contribution >= 4 is 0 Å². The highest BCUT2D eigenvalue weighted by atomic mass is 19.4. The van der Waals surface area contributed by atoms with E-state index in [-0.39, 0.29) is 6.42 Å². The highest BCUT2D eigenvalue weighted by molar-refractivity contribution is 5.40. The van der Waals surface area contributed by atoms with Crippen LogP contribution in [0.5, 0.6) is 0 Å². The fourth-order valence-electron chi connectivity index (χ4n) is 1.98. The van der Waals surface area contributed by atoms with Crippen LogP contribution in [-0.2, 0) is 11.8 Å². The summed E-state index contributed by atoms with van der Waals surface area (Å²) in [6.07, 6.45) is -0.470. The maximum absolute atomic E-state index is 13.0. The van der Waals surface area contributed by atoms with Gasteiger partial charge >= 0.3 is 6.18 Å². The number of rotatable bonds is 2. The number of aryl methyl sites for hydroxylation is 1. The predicted octanol–water partition coefficient (Wildman–Crippen LogP) is 4.01. The zero-order valence-corrected chi connectivity index (χ0v) is 9.01. The average Bonchev–Trinajstić information content (AvgIpc) is 2.15. The number of hydrogen-bond acceptors (Lipinski definition) is 0. The van der Waals surface area contributed by atoms with E-state index in [0.717, 1.165) is 12.0 Å². The van der Waals surface area contributed by atoms with Gasteiger partial charge in [0.05, 0.1) is 0 Å². The molecule has 1 aromatic carbocycles. The van der Waals surface area contributed by atoms with E-state index < -0.39 is 11.6 Å². The highest BCUT2D eigenvalue weighted by Crippen LogP contribution is 2.49. The first-order chi connectivity index (χ1) is 7.49. The molecule has 0 N–H and O–H groups in total. The van der Waals surface area contributed by atoms with Gasteiger partial charge in [-0.1, -0.05) is 43.3 Å². The summed E-state index contributed by atoms with van der Waals surface area (Å²) in [5, 5.41) is 0. The lowest BCUT2D eigenvalue weighted by molar-refractivity contribution is -0.179. The van der Waals surface area contributed by atoms with Crippen LogP contribution in [0.2, 0.25) is 0 Å². The molecule has 0 heterocycles. The average molecular weight is 226 g/mol. The van der Waals surface area contributed by atoms with Crippen molar-refractivity contribution in [1.82, 2.24) is 0 Å². The summed E-state index contributed by atoms with van der Waals surface area (Å²) < 4.78 is 38.9. The van der Waals surface area contributed by atoms with Crippen molar-refractivity contribution in [3.8, 4) is 0 Å². The van der Waals surface area contributed by atoms with Crippen molar-refractivity contribution in [3.63, 3.8) is 0 Å². The van der Waals surface area contributed by atoms with Gasteiger partial charge in [0, 0.05) is 0 Å². The molecule has 0 radical (unpaired) electrons. The van der Waals surface area contributed by atoms with E-state index in [1.807, 2.05) is 6.92 Å². The summed E-state index contributed by atoms with van der Waals surface area (Å²) in [6, 6.07) is 6.73. The number of alkyl halides is 3. The fourth-order valence-corrected chi connectivity index (χ4v) is 1.98. The molecule has 0 amide bonds. The third-order valence-electron chi connectivity index (χ3n) is 3.23. The van der Waals surface area contributed by atoms with E-state index in [9.17, 15) is 13.2 Å². The highest BCUT2D eigenvalue weighted by Gasteiger charge is 2.56. The molecule has 2 rings (SSSR count). The second kappa shape index (κ2) is 3.65. The van der Waals surface area contributed by atoms with E-state index in [0.29, 0.717) is 5.56 Å². The van der Waals surface area contributed by atoms with Crippen LogP contribution in [0, 0.1) is 0 Å². The first-order valence-corrected chi connectivity index (χ1v) is 5.33. The molecule has 1 aromatic rings. The summed E-state index contributed by atoms with van der Waals surface area (Å²) in [6.45, 7) is 1.98. The van der Waals surface area contributed by atoms with Gasteiger partial charge in [-0.05, 0) is 24.0 Å². The van der Waals surface area contributed by atoms with Crippen LogP contribution in [-0.4, -0.2) is 6.18 Å². The molecule has 1 aliphatic rings. The van der Waals surface area contributed by atoms with Gasteiger partial charge in [-0.2, -0.15) is 13.2 Å². The second-order valence-electron chi connectivity index (χ2n) is 4.13. The van der Waals surface area contributed by atoms with Crippen LogP contribution in [0.15, 0.2) is 36.4 Å². The van der Waals surface area contributed by atoms with Crippen molar-refractivity contribution in [3.05, 3.63) is 47.5 Å². The fraction of sp³-hybridized carbons (Fsp3) is 0.385. The Morgan fingerprint density at radius 1 is 1.19 bits per heavy atom. The number of hydrogen-bond donors (Lipinski definition) is 0. The third kappa shape index (κ3) is 1.55. The molecule has 0 bridgehead atoms. The summed E-state index contributed by atoms with van der Waals surface area (Å²) in [5.74, 6) is 0. The number of halogens is 3. The lowest BCUT2D eigenvalue weighted by Crippen LogP contribution is -2.44. The van der Waals surface area contributed by atoms with E-state index in [1.54, 1.807) is 30.3 Å². The van der Waals surface area contributed by atoms with Gasteiger partial charge in [0.1, 0.15) is 5.41 Å². The third-order valence-corrected chi connectivity index (χ3v) is 3.23. The van der Waals surface area contributed by atoms with Gasteiger partial charge in [-0.3, -0.25) is 0 Å². The quantitative estimate of drug-likeness (QED) is 0.668. The van der Waals surface area contributed by atoms with Crippen molar-refractivity contribution in [1.29, 1.82) is 0 Å². The topological polar surface area (TPSA) is 0 Å². The molecule has 16 heavy (non-hydrogen) atoms. The minimum atomic E-state index is -4.20. The van der Waals surface area contributed by atoms with Gasteiger partial charge in [0.15, 0.2) is 0 Å². The molecule has 0 aromatic heterocycles. The maximum atomic E-state index is 13.0. The minimum Gasteiger partial charge on any atom is -0.170 e. The molecule has 1 aliphatic carbocycles. The number of allylic oxidation sites excluding steroid dienone is 2. The maximum Gasteiger partial charge on any atom is 0.402 e. The van der Waals surface area contributed by atoms with Crippen LogP contribution >= 0.6 is 0 Å². The van der Waals surface area contributed by atoms with Crippen LogP contribution in [0.3, 0.4) is 0 Å². The Labute approximate surface area is 92.8 Å². The standard InChI is InChI=1S/C13H13F3/c1-2-10-4-6-11(7-5-10)12(8-3-9-12)13(14,15)16/h3-8H,2,9H2,1H3. The first kappa shape index (κ1) is 11.2. The summed E-state index contributed by atoms with van der Waals surface area (Å²) in [4.78, 5) is 0. The van der Waals surface area contributed by atoms with Crippen molar-refractivity contribution in [2.75, 3.05) is 0 Å². The second-order valence-corrected chi connectivity index (χ2v) is 4.13. The Hall–Kier alpha value is -1.25. The van der Waals surface area contributed by atoms with Crippen LogP contribution in [0.1, 0.15) is 24.5 Å². The molecule has 0 nitrogen and oxygen atoms in total. The Kier molecular flexibility index (Phi) is 2.56. The zero-order valence-electron chi connectivity index (χ0n) is 9.01. The zero-order chi connectivity index (χ0) is 11.8. The molecule has 86 valence electrons. The largest absolute Gasteiger partial charge is 0.402 e. The van der Waals surface area contributed by atoms with E-state index in [4.69, 9.17) is 0 Å². The Morgan fingerprint density at radius 3 is 2.06 bits per heavy atom. The number of benzene rings is 1. The smallest absolute Gasteiger partial charge is 0.170 e. The molecule has 0 spiro atoms. The van der Waals surface area contributed by atoms with Crippen LogP contribution < -0.4 is 0 Å². The van der Waals surface area contributed by atoms with Crippen molar-refractivity contribution in [2.45, 2.75) is 31.4 Å². The Balaban J connectivity index is 2.39. The van der Waals surface area contributed by atoms with Crippen molar-refractivity contribution in [2.24, 2.45) is 0 Å². The van der Waals surface area contributed by atoms with Gasteiger partial charge in [-0.25, -0.2) is 0 Å². The monoisotopic (exact) mass is 226 g/mol. The van der Waals surface area contributed by atoms with Gasteiger partial charge < -0.3 is 0 Å².